The fraction of sp³-hybridized carbons (Fsp3) is 0.562. The Kier molecular flexibility index (Phi) is 4.36. The van der Waals surface area contributed by atoms with Gasteiger partial charge in [0.15, 0.2) is 0 Å². The maximum atomic E-state index is 5.94. The van der Waals surface area contributed by atoms with E-state index in [0.29, 0.717) is 17.9 Å². The number of methoxy groups -OCH3 is 1. The SMILES string of the molecule is COc1ccc2c(c1)nc(CCCl)n2CC1CCOC1C. The van der Waals surface area contributed by atoms with Crippen LogP contribution in [0.15, 0.2) is 18.2 Å². The summed E-state index contributed by atoms with van der Waals surface area (Å²) in [5, 5.41) is 0. The molecular weight excluding hydrogens is 288 g/mol. The smallest absolute Gasteiger partial charge is 0.121 e. The molecule has 2 aromatic rings. The fourth-order valence-corrected chi connectivity index (χ4v) is 3.18. The Bertz CT molecular complexity index is 626. The highest BCUT2D eigenvalue weighted by Gasteiger charge is 2.26. The number of alkyl halides is 1. The van der Waals surface area contributed by atoms with Crippen LogP contribution < -0.4 is 4.74 Å². The lowest BCUT2D eigenvalue weighted by atomic mass is 10.0. The normalized spacial score (nSPS) is 22.0. The Labute approximate surface area is 130 Å². The van der Waals surface area contributed by atoms with E-state index in [9.17, 15) is 0 Å². The van der Waals surface area contributed by atoms with Gasteiger partial charge in [0.25, 0.3) is 0 Å². The van der Waals surface area contributed by atoms with E-state index in [2.05, 4.69) is 17.6 Å². The van der Waals surface area contributed by atoms with E-state index in [-0.39, 0.29) is 0 Å². The van der Waals surface area contributed by atoms with Crippen molar-refractivity contribution >= 4 is 22.6 Å². The van der Waals surface area contributed by atoms with Crippen LogP contribution in [0.3, 0.4) is 0 Å². The largest absolute Gasteiger partial charge is 0.497 e. The molecule has 2 atom stereocenters. The molecule has 1 aromatic heterocycles. The van der Waals surface area contributed by atoms with Crippen molar-refractivity contribution < 1.29 is 9.47 Å². The van der Waals surface area contributed by atoms with Crippen LogP contribution in [0.1, 0.15) is 19.2 Å². The predicted molar refractivity (Wildman–Crippen MR) is 84.2 cm³/mol. The van der Waals surface area contributed by atoms with Gasteiger partial charge in [-0.3, -0.25) is 0 Å². The zero-order chi connectivity index (χ0) is 14.8. The van der Waals surface area contributed by atoms with Crippen LogP contribution in [0.5, 0.6) is 5.75 Å². The molecule has 0 N–H and O–H groups in total. The molecule has 2 heterocycles. The second kappa shape index (κ2) is 6.24. The first-order chi connectivity index (χ1) is 10.2. The number of rotatable bonds is 5. The number of imidazole rings is 1. The number of hydrogen-bond donors (Lipinski definition) is 0. The van der Waals surface area contributed by atoms with E-state index < -0.39 is 0 Å². The van der Waals surface area contributed by atoms with Crippen molar-refractivity contribution in [3.63, 3.8) is 0 Å². The maximum Gasteiger partial charge on any atom is 0.121 e. The van der Waals surface area contributed by atoms with Crippen molar-refractivity contribution in [2.24, 2.45) is 5.92 Å². The number of halogens is 1. The van der Waals surface area contributed by atoms with E-state index in [4.69, 9.17) is 26.1 Å². The molecule has 1 aromatic carbocycles. The zero-order valence-corrected chi connectivity index (χ0v) is 13.3. The van der Waals surface area contributed by atoms with Crippen LogP contribution in [-0.2, 0) is 17.7 Å². The van der Waals surface area contributed by atoms with Crippen LogP contribution in [0, 0.1) is 5.92 Å². The second-order valence-corrected chi connectivity index (χ2v) is 5.93. The van der Waals surface area contributed by atoms with Crippen molar-refractivity contribution in [1.29, 1.82) is 0 Å². The third-order valence-corrected chi connectivity index (χ3v) is 4.49. The van der Waals surface area contributed by atoms with Crippen molar-refractivity contribution in [1.82, 2.24) is 9.55 Å². The first kappa shape index (κ1) is 14.7. The minimum atomic E-state index is 0.310. The number of ether oxygens (including phenoxy) is 2. The number of aromatic nitrogens is 2. The van der Waals surface area contributed by atoms with Crippen molar-refractivity contribution in [3.05, 3.63) is 24.0 Å². The molecule has 0 aliphatic carbocycles. The molecule has 2 unspecified atom stereocenters. The molecule has 0 amide bonds. The van der Waals surface area contributed by atoms with Gasteiger partial charge in [-0.1, -0.05) is 0 Å². The van der Waals surface area contributed by atoms with E-state index in [1.54, 1.807) is 7.11 Å². The molecular formula is C16H21ClN2O2. The summed E-state index contributed by atoms with van der Waals surface area (Å²) in [6, 6.07) is 6.05. The molecule has 114 valence electrons. The number of hydrogen-bond acceptors (Lipinski definition) is 3. The van der Waals surface area contributed by atoms with E-state index >= 15 is 0 Å². The molecule has 0 bridgehead atoms. The minimum absolute atomic E-state index is 0.310. The molecule has 0 radical (unpaired) electrons. The summed E-state index contributed by atoms with van der Waals surface area (Å²) >= 11 is 5.94. The van der Waals surface area contributed by atoms with Gasteiger partial charge >= 0.3 is 0 Å². The molecule has 0 saturated carbocycles. The number of nitrogens with zero attached hydrogens (tertiary/aromatic N) is 2. The van der Waals surface area contributed by atoms with Gasteiger partial charge in [-0.2, -0.15) is 0 Å². The van der Waals surface area contributed by atoms with Crippen LogP contribution in [-0.4, -0.2) is 35.3 Å². The first-order valence-electron chi connectivity index (χ1n) is 7.43. The lowest BCUT2D eigenvalue weighted by molar-refractivity contribution is 0.102. The summed E-state index contributed by atoms with van der Waals surface area (Å²) in [7, 11) is 1.68. The number of aryl methyl sites for hydroxylation is 1. The molecule has 4 nitrogen and oxygen atoms in total. The quantitative estimate of drug-likeness (QED) is 0.796. The van der Waals surface area contributed by atoms with Gasteiger partial charge in [-0.25, -0.2) is 4.98 Å². The maximum absolute atomic E-state index is 5.94. The molecule has 1 fully saturated rings. The zero-order valence-electron chi connectivity index (χ0n) is 12.5. The van der Waals surface area contributed by atoms with Gasteiger partial charge in [0, 0.05) is 37.4 Å². The molecule has 5 heteroatoms. The van der Waals surface area contributed by atoms with Crippen molar-refractivity contribution in [3.8, 4) is 5.75 Å². The summed E-state index contributed by atoms with van der Waals surface area (Å²) in [5.74, 6) is 3.00. The molecule has 0 spiro atoms. The number of benzene rings is 1. The lowest BCUT2D eigenvalue weighted by Crippen LogP contribution is -2.19. The highest BCUT2D eigenvalue weighted by Crippen LogP contribution is 2.27. The van der Waals surface area contributed by atoms with E-state index in [1.807, 2.05) is 12.1 Å². The fourth-order valence-electron chi connectivity index (χ4n) is 3.02. The van der Waals surface area contributed by atoms with Crippen molar-refractivity contribution in [2.45, 2.75) is 32.4 Å². The van der Waals surface area contributed by atoms with E-state index in [1.165, 1.54) is 0 Å². The summed E-state index contributed by atoms with van der Waals surface area (Å²) in [6.07, 6.45) is 2.20. The number of fused-ring (bicyclic) bond motifs is 1. The summed E-state index contributed by atoms with van der Waals surface area (Å²) < 4.78 is 13.3. The standard InChI is InChI=1S/C16H21ClN2O2/c1-11-12(6-8-21-11)10-19-15-4-3-13(20-2)9-14(15)18-16(19)5-7-17/h3-4,9,11-12H,5-8,10H2,1-2H3. The highest BCUT2D eigenvalue weighted by atomic mass is 35.5. The molecule has 1 aliphatic rings. The van der Waals surface area contributed by atoms with Gasteiger partial charge in [0.05, 0.1) is 24.2 Å². The predicted octanol–water partition coefficient (Wildman–Crippen LogP) is 3.25. The van der Waals surface area contributed by atoms with Crippen LogP contribution in [0.25, 0.3) is 11.0 Å². The minimum Gasteiger partial charge on any atom is -0.497 e. The third kappa shape index (κ3) is 2.87. The van der Waals surface area contributed by atoms with Crippen molar-refractivity contribution in [2.75, 3.05) is 19.6 Å². The average molecular weight is 309 g/mol. The third-order valence-electron chi connectivity index (χ3n) is 4.30. The van der Waals surface area contributed by atoms with Crippen LogP contribution in [0.2, 0.25) is 0 Å². The Morgan fingerprint density at radius 3 is 3.00 bits per heavy atom. The van der Waals surface area contributed by atoms with Gasteiger partial charge < -0.3 is 14.0 Å². The molecule has 3 rings (SSSR count). The van der Waals surface area contributed by atoms with E-state index in [0.717, 1.165) is 48.6 Å². The summed E-state index contributed by atoms with van der Waals surface area (Å²) in [6.45, 7) is 3.95. The van der Waals surface area contributed by atoms with Gasteiger partial charge in [-0.05, 0) is 25.5 Å². The van der Waals surface area contributed by atoms with Gasteiger partial charge in [-0.15, -0.1) is 11.6 Å². The molecule has 1 aliphatic heterocycles. The highest BCUT2D eigenvalue weighted by molar-refractivity contribution is 6.17. The molecule has 21 heavy (non-hydrogen) atoms. The average Bonchev–Trinajstić information content (AvgIpc) is 3.04. The molecule has 1 saturated heterocycles. The Morgan fingerprint density at radius 2 is 2.33 bits per heavy atom. The second-order valence-electron chi connectivity index (χ2n) is 5.56. The Morgan fingerprint density at radius 1 is 1.48 bits per heavy atom. The Balaban J connectivity index is 1.99. The van der Waals surface area contributed by atoms with Crippen LogP contribution in [0.4, 0.5) is 0 Å². The first-order valence-corrected chi connectivity index (χ1v) is 7.97. The van der Waals surface area contributed by atoms with Crippen LogP contribution >= 0.6 is 11.6 Å². The Hall–Kier alpha value is -1.26. The summed E-state index contributed by atoms with van der Waals surface area (Å²) in [4.78, 5) is 4.74. The monoisotopic (exact) mass is 308 g/mol. The van der Waals surface area contributed by atoms with Gasteiger partial charge in [0.2, 0.25) is 0 Å². The summed E-state index contributed by atoms with van der Waals surface area (Å²) in [5.41, 5.74) is 2.12. The lowest BCUT2D eigenvalue weighted by Gasteiger charge is -2.17. The van der Waals surface area contributed by atoms with Gasteiger partial charge in [0.1, 0.15) is 11.6 Å². The topological polar surface area (TPSA) is 36.3 Å².